The molecule has 0 aliphatic carbocycles. The largest absolute Gasteiger partial charge is 0.416 e. The number of hydrogen-bond donors (Lipinski definition) is 0. The molecule has 0 N–H and O–H groups in total. The second-order valence-corrected chi connectivity index (χ2v) is 6.57. The molecule has 2 amide bonds. The van der Waals surface area contributed by atoms with Gasteiger partial charge in [-0.25, -0.2) is 0 Å². The molecule has 7 heteroatoms. The summed E-state index contributed by atoms with van der Waals surface area (Å²) in [6.45, 7) is 3.69. The first-order valence-corrected chi connectivity index (χ1v) is 8.70. The predicted molar refractivity (Wildman–Crippen MR) is 99.9 cm³/mol. The smallest absolute Gasteiger partial charge is 0.334 e. The fraction of sp³-hybridized carbons (Fsp3) is 0.238. The monoisotopic (exact) mass is 388 g/mol. The number of fused-ring (bicyclic) bond motifs is 1. The topological polar surface area (TPSA) is 40.6 Å². The number of carbonyl (C=O) groups excluding carboxylic acids is 2. The van der Waals surface area contributed by atoms with Crippen LogP contribution in [0.4, 0.5) is 18.9 Å². The number of alkyl halides is 3. The second-order valence-electron chi connectivity index (χ2n) is 6.57. The molecule has 1 aliphatic rings. The Morgan fingerprint density at radius 3 is 2.43 bits per heavy atom. The Morgan fingerprint density at radius 1 is 1.14 bits per heavy atom. The van der Waals surface area contributed by atoms with E-state index in [0.29, 0.717) is 29.8 Å². The van der Waals surface area contributed by atoms with Crippen molar-refractivity contribution in [2.24, 2.45) is 0 Å². The molecule has 0 atom stereocenters. The van der Waals surface area contributed by atoms with E-state index in [4.69, 9.17) is 0 Å². The number of carbonyl (C=O) groups is 2. The summed E-state index contributed by atoms with van der Waals surface area (Å²) in [4.78, 5) is 27.2. The van der Waals surface area contributed by atoms with E-state index in [1.54, 1.807) is 37.4 Å². The van der Waals surface area contributed by atoms with Gasteiger partial charge in [-0.3, -0.25) is 9.59 Å². The van der Waals surface area contributed by atoms with Gasteiger partial charge < -0.3 is 9.80 Å². The van der Waals surface area contributed by atoms with Crippen LogP contribution in [0, 0.1) is 0 Å². The fourth-order valence-electron chi connectivity index (χ4n) is 3.29. The molecule has 1 heterocycles. The lowest BCUT2D eigenvalue weighted by atomic mass is 9.94. The molecule has 0 aromatic heterocycles. The molecule has 2 aromatic carbocycles. The molecule has 0 radical (unpaired) electrons. The van der Waals surface area contributed by atoms with Crippen LogP contribution in [0.1, 0.15) is 27.0 Å². The summed E-state index contributed by atoms with van der Waals surface area (Å²) in [5.41, 5.74) is 1.03. The van der Waals surface area contributed by atoms with Gasteiger partial charge in [-0.15, -0.1) is 0 Å². The van der Waals surface area contributed by atoms with Crippen LogP contribution in [-0.2, 0) is 23.9 Å². The van der Waals surface area contributed by atoms with Crippen molar-refractivity contribution in [1.29, 1.82) is 0 Å². The Balaban J connectivity index is 1.82. The molecule has 146 valence electrons. The van der Waals surface area contributed by atoms with E-state index in [9.17, 15) is 22.8 Å². The first-order valence-electron chi connectivity index (χ1n) is 8.70. The lowest BCUT2D eigenvalue weighted by Crippen LogP contribution is -2.37. The third kappa shape index (κ3) is 3.78. The maximum atomic E-state index is 13.3. The highest BCUT2D eigenvalue weighted by molar-refractivity contribution is 6.01. The predicted octanol–water partition coefficient (Wildman–Crippen LogP) is 4.05. The second kappa shape index (κ2) is 7.50. The summed E-state index contributed by atoms with van der Waals surface area (Å²) < 4.78 is 39.9. The van der Waals surface area contributed by atoms with Crippen LogP contribution in [0.2, 0.25) is 0 Å². The Kier molecular flexibility index (Phi) is 5.27. The van der Waals surface area contributed by atoms with E-state index in [-0.39, 0.29) is 23.9 Å². The SMILES string of the molecule is C=CC(=O)N(C)c1ccc(C(=O)N2CCc3cccc(C(F)(F)F)c3C2)cc1. The van der Waals surface area contributed by atoms with E-state index >= 15 is 0 Å². The van der Waals surface area contributed by atoms with Crippen molar-refractivity contribution in [3.63, 3.8) is 0 Å². The number of rotatable bonds is 3. The molecule has 2 aromatic rings. The van der Waals surface area contributed by atoms with Crippen molar-refractivity contribution in [2.75, 3.05) is 18.5 Å². The van der Waals surface area contributed by atoms with Crippen molar-refractivity contribution in [3.05, 3.63) is 77.4 Å². The summed E-state index contributed by atoms with van der Waals surface area (Å²) in [6.07, 6.45) is -2.90. The number of likely N-dealkylation sites (N-methyl/N-ethyl adjacent to an activating group) is 1. The van der Waals surface area contributed by atoms with Crippen LogP contribution in [0.25, 0.3) is 0 Å². The number of halogens is 3. The summed E-state index contributed by atoms with van der Waals surface area (Å²) in [5.74, 6) is -0.627. The van der Waals surface area contributed by atoms with Gasteiger partial charge in [0.1, 0.15) is 0 Å². The van der Waals surface area contributed by atoms with E-state index in [1.165, 1.54) is 21.9 Å². The van der Waals surface area contributed by atoms with Gasteiger partial charge in [0.05, 0.1) is 5.56 Å². The van der Waals surface area contributed by atoms with Gasteiger partial charge in [0.25, 0.3) is 5.91 Å². The van der Waals surface area contributed by atoms with Gasteiger partial charge in [0, 0.05) is 31.4 Å². The van der Waals surface area contributed by atoms with E-state index in [1.807, 2.05) is 0 Å². The number of hydrogen-bond acceptors (Lipinski definition) is 2. The van der Waals surface area contributed by atoms with Crippen LogP contribution < -0.4 is 4.90 Å². The molecule has 0 saturated heterocycles. The van der Waals surface area contributed by atoms with Gasteiger partial charge >= 0.3 is 6.18 Å². The summed E-state index contributed by atoms with van der Waals surface area (Å²) in [6, 6.07) is 10.5. The molecule has 28 heavy (non-hydrogen) atoms. The molecule has 0 bridgehead atoms. The van der Waals surface area contributed by atoms with Crippen LogP contribution in [0.15, 0.2) is 55.1 Å². The number of benzene rings is 2. The Hall–Kier alpha value is -3.09. The van der Waals surface area contributed by atoms with Crippen LogP contribution >= 0.6 is 0 Å². The first kappa shape index (κ1) is 19.7. The third-order valence-electron chi connectivity index (χ3n) is 4.87. The van der Waals surface area contributed by atoms with Crippen molar-refractivity contribution in [2.45, 2.75) is 19.1 Å². The van der Waals surface area contributed by atoms with E-state index in [2.05, 4.69) is 6.58 Å². The molecule has 0 unspecified atom stereocenters. The molecule has 0 saturated carbocycles. The van der Waals surface area contributed by atoms with Crippen molar-refractivity contribution < 1.29 is 22.8 Å². The Labute approximate surface area is 160 Å². The standard InChI is InChI=1S/C21H19F3N2O2/c1-3-19(27)25(2)16-9-7-15(8-10-16)20(28)26-12-11-14-5-4-6-18(17(14)13-26)21(22,23)24/h3-10H,1,11-13H2,2H3. The summed E-state index contributed by atoms with van der Waals surface area (Å²) in [7, 11) is 1.58. The lowest BCUT2D eigenvalue weighted by molar-refractivity contribution is -0.138. The maximum absolute atomic E-state index is 13.3. The highest BCUT2D eigenvalue weighted by atomic mass is 19.4. The van der Waals surface area contributed by atoms with Crippen molar-refractivity contribution in [3.8, 4) is 0 Å². The van der Waals surface area contributed by atoms with E-state index < -0.39 is 11.7 Å². The Morgan fingerprint density at radius 2 is 1.82 bits per heavy atom. The normalized spacial score (nSPS) is 13.6. The zero-order valence-electron chi connectivity index (χ0n) is 15.3. The van der Waals surface area contributed by atoms with Crippen molar-refractivity contribution >= 4 is 17.5 Å². The highest BCUT2D eigenvalue weighted by Crippen LogP contribution is 2.35. The Bertz CT molecular complexity index is 920. The zero-order chi connectivity index (χ0) is 20.5. The van der Waals surface area contributed by atoms with E-state index in [0.717, 1.165) is 6.07 Å². The van der Waals surface area contributed by atoms with Gasteiger partial charge in [-0.05, 0) is 54.0 Å². The molecule has 0 spiro atoms. The minimum atomic E-state index is -4.46. The quantitative estimate of drug-likeness (QED) is 0.745. The summed E-state index contributed by atoms with van der Waals surface area (Å²) in [5, 5.41) is 0. The average molecular weight is 388 g/mol. The van der Waals surface area contributed by atoms with Gasteiger partial charge in [0.2, 0.25) is 5.91 Å². The average Bonchev–Trinajstić information content (AvgIpc) is 2.70. The molecular formula is C21H19F3N2O2. The number of nitrogens with zero attached hydrogens (tertiary/aromatic N) is 2. The van der Waals surface area contributed by atoms with Crippen LogP contribution in [0.5, 0.6) is 0 Å². The van der Waals surface area contributed by atoms with Gasteiger partial charge in [-0.1, -0.05) is 18.7 Å². The number of anilines is 1. The minimum Gasteiger partial charge on any atom is -0.334 e. The first-order chi connectivity index (χ1) is 13.2. The van der Waals surface area contributed by atoms with Crippen LogP contribution in [0.3, 0.4) is 0 Å². The molecule has 3 rings (SSSR count). The third-order valence-corrected chi connectivity index (χ3v) is 4.87. The van der Waals surface area contributed by atoms with Gasteiger partial charge in [0.15, 0.2) is 0 Å². The molecule has 1 aliphatic heterocycles. The van der Waals surface area contributed by atoms with Crippen LogP contribution in [-0.4, -0.2) is 30.3 Å². The zero-order valence-corrected chi connectivity index (χ0v) is 15.3. The summed E-state index contributed by atoms with van der Waals surface area (Å²) >= 11 is 0. The molecule has 0 fully saturated rings. The maximum Gasteiger partial charge on any atom is 0.416 e. The fourth-order valence-corrected chi connectivity index (χ4v) is 3.29. The number of amides is 2. The molecule has 4 nitrogen and oxygen atoms in total. The lowest BCUT2D eigenvalue weighted by Gasteiger charge is -2.31. The molecular weight excluding hydrogens is 369 g/mol. The van der Waals surface area contributed by atoms with Gasteiger partial charge in [-0.2, -0.15) is 13.2 Å². The minimum absolute atomic E-state index is 0.0829. The van der Waals surface area contributed by atoms with Crippen molar-refractivity contribution in [1.82, 2.24) is 4.90 Å². The highest BCUT2D eigenvalue weighted by Gasteiger charge is 2.36.